The normalized spacial score (nSPS) is 10.6. The van der Waals surface area contributed by atoms with Crippen molar-refractivity contribution in [2.75, 3.05) is 13.1 Å². The van der Waals surface area contributed by atoms with Crippen LogP contribution in [0, 0.1) is 0 Å². The number of unbranched alkanes of at least 4 members (excludes halogenated alkanes) is 3. The first-order valence-electron chi connectivity index (χ1n) is 8.80. The first-order valence-corrected chi connectivity index (χ1v) is 8.80. The van der Waals surface area contributed by atoms with E-state index in [4.69, 9.17) is 0 Å². The number of aromatic nitrogens is 2. The molecule has 6 heteroatoms. The van der Waals surface area contributed by atoms with Crippen molar-refractivity contribution in [2.24, 2.45) is 0 Å². The lowest BCUT2D eigenvalue weighted by Crippen LogP contribution is -2.24. The Morgan fingerprint density at radius 1 is 0.885 bits per heavy atom. The lowest BCUT2D eigenvalue weighted by molar-refractivity contribution is -0.116. The minimum absolute atomic E-state index is 0.0919. The minimum atomic E-state index is -0.0995. The van der Waals surface area contributed by atoms with E-state index in [0.717, 1.165) is 31.2 Å². The summed E-state index contributed by atoms with van der Waals surface area (Å²) < 4.78 is 0. The molecule has 2 N–H and O–H groups in total. The molecule has 2 amide bonds. The fourth-order valence-corrected chi connectivity index (χ4v) is 2.32. The number of nitrogens with zero attached hydrogens (tertiary/aromatic N) is 2. The summed E-state index contributed by atoms with van der Waals surface area (Å²) in [6.45, 7) is 1.30. The quantitative estimate of drug-likeness (QED) is 0.508. The van der Waals surface area contributed by atoms with E-state index in [0.29, 0.717) is 18.7 Å². The van der Waals surface area contributed by atoms with E-state index in [1.54, 1.807) is 43.0 Å². The van der Waals surface area contributed by atoms with E-state index in [1.165, 1.54) is 6.08 Å². The topological polar surface area (TPSA) is 84.0 Å². The van der Waals surface area contributed by atoms with Crippen molar-refractivity contribution >= 4 is 17.9 Å². The van der Waals surface area contributed by atoms with Crippen LogP contribution < -0.4 is 10.6 Å². The van der Waals surface area contributed by atoms with Gasteiger partial charge in [-0.25, -0.2) is 0 Å². The Kier molecular flexibility index (Phi) is 8.55. The second-order valence-electron chi connectivity index (χ2n) is 5.82. The van der Waals surface area contributed by atoms with Gasteiger partial charge in [-0.3, -0.25) is 19.6 Å². The molecule has 0 saturated carbocycles. The Bertz CT molecular complexity index is 702. The zero-order valence-corrected chi connectivity index (χ0v) is 14.7. The summed E-state index contributed by atoms with van der Waals surface area (Å²) in [5.41, 5.74) is 1.48. The van der Waals surface area contributed by atoms with E-state index in [1.807, 2.05) is 12.1 Å². The molecule has 2 heterocycles. The predicted molar refractivity (Wildman–Crippen MR) is 101 cm³/mol. The van der Waals surface area contributed by atoms with Gasteiger partial charge in [-0.1, -0.05) is 18.9 Å². The Morgan fingerprint density at radius 2 is 1.58 bits per heavy atom. The van der Waals surface area contributed by atoms with E-state index in [-0.39, 0.29) is 11.8 Å². The van der Waals surface area contributed by atoms with E-state index < -0.39 is 0 Å². The molecule has 0 fully saturated rings. The van der Waals surface area contributed by atoms with Crippen molar-refractivity contribution in [3.8, 4) is 0 Å². The average Bonchev–Trinajstić information content (AvgIpc) is 2.69. The fraction of sp³-hybridized carbons (Fsp3) is 0.300. The summed E-state index contributed by atoms with van der Waals surface area (Å²) in [7, 11) is 0. The molecule has 26 heavy (non-hydrogen) atoms. The smallest absolute Gasteiger partial charge is 0.252 e. The van der Waals surface area contributed by atoms with Crippen molar-refractivity contribution < 1.29 is 9.59 Å². The monoisotopic (exact) mass is 352 g/mol. The first kappa shape index (κ1) is 19.3. The highest BCUT2D eigenvalue weighted by molar-refractivity contribution is 5.93. The van der Waals surface area contributed by atoms with Gasteiger partial charge in [0.05, 0.1) is 5.56 Å². The highest BCUT2D eigenvalue weighted by Crippen LogP contribution is 2.00. The molecule has 0 radical (unpaired) electrons. The van der Waals surface area contributed by atoms with E-state index in [2.05, 4.69) is 20.6 Å². The molecule has 0 unspecified atom stereocenters. The van der Waals surface area contributed by atoms with Gasteiger partial charge in [-0.15, -0.1) is 0 Å². The maximum Gasteiger partial charge on any atom is 0.252 e. The Morgan fingerprint density at radius 3 is 2.23 bits per heavy atom. The van der Waals surface area contributed by atoms with Crippen LogP contribution in [0.5, 0.6) is 0 Å². The van der Waals surface area contributed by atoms with Gasteiger partial charge in [-0.2, -0.15) is 0 Å². The molecule has 0 aliphatic carbocycles. The summed E-state index contributed by atoms with van der Waals surface area (Å²) in [6.07, 6.45) is 13.7. The summed E-state index contributed by atoms with van der Waals surface area (Å²) in [6, 6.07) is 7.21. The molecule has 0 atom stereocenters. The Balaban J connectivity index is 1.47. The van der Waals surface area contributed by atoms with Crippen LogP contribution in [0.4, 0.5) is 0 Å². The summed E-state index contributed by atoms with van der Waals surface area (Å²) >= 11 is 0. The van der Waals surface area contributed by atoms with Gasteiger partial charge >= 0.3 is 0 Å². The number of carbonyl (C=O) groups is 2. The van der Waals surface area contributed by atoms with Gasteiger partial charge in [0.15, 0.2) is 0 Å². The molecule has 2 aromatic heterocycles. The molecule has 0 aromatic carbocycles. The van der Waals surface area contributed by atoms with E-state index >= 15 is 0 Å². The molecule has 0 bridgehead atoms. The molecule has 2 aromatic rings. The van der Waals surface area contributed by atoms with Crippen LogP contribution in [0.15, 0.2) is 55.1 Å². The maximum atomic E-state index is 11.8. The van der Waals surface area contributed by atoms with Crippen molar-refractivity contribution in [1.82, 2.24) is 20.6 Å². The molecule has 0 spiro atoms. The van der Waals surface area contributed by atoms with Gasteiger partial charge in [0.1, 0.15) is 0 Å². The van der Waals surface area contributed by atoms with Gasteiger partial charge in [0.25, 0.3) is 5.91 Å². The van der Waals surface area contributed by atoms with Crippen molar-refractivity contribution in [1.29, 1.82) is 0 Å². The number of rotatable bonds is 10. The molecular formula is C20H24N4O2. The standard InChI is InChI=1S/C20H24N4O2/c25-19(10-9-17-7-5-11-21-15-17)23-13-3-1-2-4-14-24-20(26)18-8-6-12-22-16-18/h5-12,15-16H,1-4,13-14H2,(H,23,25)(H,24,26)/b10-9+. The third kappa shape index (κ3) is 7.70. The number of amides is 2. The molecule has 136 valence electrons. The SMILES string of the molecule is O=C(/C=C/c1cccnc1)NCCCCCCNC(=O)c1cccnc1. The van der Waals surface area contributed by atoms with Crippen LogP contribution >= 0.6 is 0 Å². The fourth-order valence-electron chi connectivity index (χ4n) is 2.32. The van der Waals surface area contributed by atoms with Gasteiger partial charge in [0.2, 0.25) is 5.91 Å². The van der Waals surface area contributed by atoms with Gasteiger partial charge in [0, 0.05) is 44.0 Å². The number of carbonyl (C=O) groups excluding carboxylic acids is 2. The largest absolute Gasteiger partial charge is 0.353 e. The third-order valence-electron chi connectivity index (χ3n) is 3.72. The minimum Gasteiger partial charge on any atom is -0.353 e. The Labute approximate surface area is 153 Å². The average molecular weight is 352 g/mol. The number of hydrogen-bond donors (Lipinski definition) is 2. The highest BCUT2D eigenvalue weighted by atomic mass is 16.2. The van der Waals surface area contributed by atoms with Gasteiger partial charge < -0.3 is 10.6 Å². The lowest BCUT2D eigenvalue weighted by Gasteiger charge is -2.05. The molecule has 0 aliphatic heterocycles. The van der Waals surface area contributed by atoms with Gasteiger partial charge in [-0.05, 0) is 42.7 Å². The maximum absolute atomic E-state index is 11.8. The van der Waals surface area contributed by atoms with E-state index in [9.17, 15) is 9.59 Å². The second-order valence-corrected chi connectivity index (χ2v) is 5.82. The van der Waals surface area contributed by atoms with Crippen LogP contribution in [0.25, 0.3) is 6.08 Å². The molecular weight excluding hydrogens is 328 g/mol. The van der Waals surface area contributed by atoms with Crippen LogP contribution in [0.3, 0.4) is 0 Å². The highest BCUT2D eigenvalue weighted by Gasteiger charge is 2.03. The zero-order chi connectivity index (χ0) is 18.5. The number of nitrogens with one attached hydrogen (secondary N) is 2. The van der Waals surface area contributed by atoms with Crippen molar-refractivity contribution in [3.63, 3.8) is 0 Å². The first-order chi connectivity index (χ1) is 12.8. The van der Waals surface area contributed by atoms with Crippen LogP contribution in [-0.2, 0) is 4.79 Å². The van der Waals surface area contributed by atoms with Crippen molar-refractivity contribution in [2.45, 2.75) is 25.7 Å². The second kappa shape index (κ2) is 11.5. The number of hydrogen-bond acceptors (Lipinski definition) is 4. The Hall–Kier alpha value is -3.02. The predicted octanol–water partition coefficient (Wildman–Crippen LogP) is 2.60. The lowest BCUT2D eigenvalue weighted by atomic mass is 10.2. The summed E-state index contributed by atoms with van der Waals surface area (Å²) in [4.78, 5) is 31.4. The summed E-state index contributed by atoms with van der Waals surface area (Å²) in [5, 5.41) is 5.74. The van der Waals surface area contributed by atoms with Crippen molar-refractivity contribution in [3.05, 3.63) is 66.3 Å². The molecule has 0 saturated heterocycles. The van der Waals surface area contributed by atoms with Crippen LogP contribution in [0.1, 0.15) is 41.6 Å². The molecule has 2 rings (SSSR count). The van der Waals surface area contributed by atoms with Crippen LogP contribution in [-0.4, -0.2) is 34.9 Å². The molecule has 0 aliphatic rings. The summed E-state index contributed by atoms with van der Waals surface area (Å²) in [5.74, 6) is -0.191. The zero-order valence-electron chi connectivity index (χ0n) is 14.7. The number of pyridine rings is 2. The molecule has 6 nitrogen and oxygen atoms in total. The third-order valence-corrected chi connectivity index (χ3v) is 3.72. The van der Waals surface area contributed by atoms with Crippen LogP contribution in [0.2, 0.25) is 0 Å².